The van der Waals surface area contributed by atoms with Crippen LogP contribution < -0.4 is 5.73 Å². The third-order valence-electron chi connectivity index (χ3n) is 3.34. The van der Waals surface area contributed by atoms with Gasteiger partial charge < -0.3 is 5.73 Å². The smallest absolute Gasteiger partial charge is 0.0331 e. The lowest BCUT2D eigenvalue weighted by Crippen LogP contribution is -2.20. The molecule has 0 aromatic carbocycles. The van der Waals surface area contributed by atoms with Crippen molar-refractivity contribution in [2.45, 2.75) is 44.6 Å². The van der Waals surface area contributed by atoms with E-state index in [2.05, 4.69) is 16.8 Å². The highest BCUT2D eigenvalue weighted by Gasteiger charge is 2.20. The highest BCUT2D eigenvalue weighted by molar-refractivity contribution is 7.07. The third-order valence-corrected chi connectivity index (χ3v) is 4.04. The maximum absolute atomic E-state index is 6.29. The van der Waals surface area contributed by atoms with Crippen molar-refractivity contribution in [1.82, 2.24) is 0 Å². The van der Waals surface area contributed by atoms with Gasteiger partial charge in [0.15, 0.2) is 0 Å². The molecular formula is C12H19NS. The molecule has 1 aromatic rings. The van der Waals surface area contributed by atoms with Gasteiger partial charge in [0.05, 0.1) is 0 Å². The van der Waals surface area contributed by atoms with E-state index in [1.54, 1.807) is 11.3 Å². The summed E-state index contributed by atoms with van der Waals surface area (Å²) in [5.74, 6) is 0.729. The molecule has 1 saturated carbocycles. The van der Waals surface area contributed by atoms with Crippen molar-refractivity contribution in [3.05, 3.63) is 22.4 Å². The number of thiophene rings is 1. The standard InChI is InChI=1S/C12H19NS/c13-12(11-7-8-14-9-11)10-5-3-1-2-4-6-10/h7-10,12H,1-6,13H2. The van der Waals surface area contributed by atoms with Crippen LogP contribution in [0.3, 0.4) is 0 Å². The summed E-state index contributed by atoms with van der Waals surface area (Å²) in [7, 11) is 0. The van der Waals surface area contributed by atoms with Gasteiger partial charge in [-0.15, -0.1) is 0 Å². The molecule has 78 valence electrons. The number of hydrogen-bond donors (Lipinski definition) is 1. The molecule has 1 heterocycles. The van der Waals surface area contributed by atoms with Gasteiger partial charge in [0, 0.05) is 6.04 Å². The number of rotatable bonds is 2. The molecule has 1 unspecified atom stereocenters. The topological polar surface area (TPSA) is 26.0 Å². The zero-order valence-electron chi connectivity index (χ0n) is 8.61. The summed E-state index contributed by atoms with van der Waals surface area (Å²) in [4.78, 5) is 0. The van der Waals surface area contributed by atoms with Crippen LogP contribution in [0, 0.1) is 5.92 Å². The minimum absolute atomic E-state index is 0.291. The molecule has 0 amide bonds. The van der Waals surface area contributed by atoms with Gasteiger partial charge in [0.1, 0.15) is 0 Å². The quantitative estimate of drug-likeness (QED) is 0.738. The molecule has 2 N–H and O–H groups in total. The second-order valence-corrected chi connectivity index (χ2v) is 5.11. The number of nitrogens with two attached hydrogens (primary N) is 1. The lowest BCUT2D eigenvalue weighted by atomic mass is 9.89. The third kappa shape index (κ3) is 2.37. The van der Waals surface area contributed by atoms with Crippen LogP contribution in [-0.4, -0.2) is 0 Å². The average molecular weight is 209 g/mol. The predicted octanol–water partition coefficient (Wildman–Crippen LogP) is 3.72. The first-order valence-electron chi connectivity index (χ1n) is 5.65. The van der Waals surface area contributed by atoms with E-state index in [4.69, 9.17) is 5.73 Å². The van der Waals surface area contributed by atoms with Gasteiger partial charge in [0.25, 0.3) is 0 Å². The lowest BCUT2D eigenvalue weighted by Gasteiger charge is -2.21. The second-order valence-electron chi connectivity index (χ2n) is 4.33. The monoisotopic (exact) mass is 209 g/mol. The van der Waals surface area contributed by atoms with E-state index in [0.717, 1.165) is 5.92 Å². The molecule has 14 heavy (non-hydrogen) atoms. The summed E-state index contributed by atoms with van der Waals surface area (Å²) in [6.45, 7) is 0. The van der Waals surface area contributed by atoms with Crippen LogP contribution in [0.2, 0.25) is 0 Å². The molecule has 1 nitrogen and oxygen atoms in total. The first kappa shape index (κ1) is 10.2. The molecule has 1 aliphatic rings. The molecule has 0 aliphatic heterocycles. The molecule has 2 heteroatoms. The van der Waals surface area contributed by atoms with E-state index in [9.17, 15) is 0 Å². The van der Waals surface area contributed by atoms with Crippen molar-refractivity contribution < 1.29 is 0 Å². The SMILES string of the molecule is NC(c1ccsc1)C1CCCCCC1. The highest BCUT2D eigenvalue weighted by atomic mass is 32.1. The van der Waals surface area contributed by atoms with Crippen molar-refractivity contribution >= 4 is 11.3 Å². The number of hydrogen-bond acceptors (Lipinski definition) is 2. The Hall–Kier alpha value is -0.340. The summed E-state index contributed by atoms with van der Waals surface area (Å²) in [5.41, 5.74) is 7.64. The van der Waals surface area contributed by atoms with Gasteiger partial charge in [-0.1, -0.05) is 25.7 Å². The molecule has 0 spiro atoms. The van der Waals surface area contributed by atoms with Crippen molar-refractivity contribution in [1.29, 1.82) is 0 Å². The van der Waals surface area contributed by atoms with E-state index >= 15 is 0 Å². The fraction of sp³-hybridized carbons (Fsp3) is 0.667. The van der Waals surface area contributed by atoms with E-state index in [1.807, 2.05) is 0 Å². The van der Waals surface area contributed by atoms with Gasteiger partial charge in [-0.2, -0.15) is 11.3 Å². The minimum Gasteiger partial charge on any atom is -0.324 e. The van der Waals surface area contributed by atoms with Crippen LogP contribution in [0.1, 0.15) is 50.1 Å². The van der Waals surface area contributed by atoms with Gasteiger partial charge >= 0.3 is 0 Å². The molecule has 0 saturated heterocycles. The van der Waals surface area contributed by atoms with Crippen molar-refractivity contribution in [3.8, 4) is 0 Å². The summed E-state index contributed by atoms with van der Waals surface area (Å²) in [6.07, 6.45) is 8.23. The van der Waals surface area contributed by atoms with E-state index < -0.39 is 0 Å². The summed E-state index contributed by atoms with van der Waals surface area (Å²) in [5, 5.41) is 4.33. The molecule has 1 aliphatic carbocycles. The van der Waals surface area contributed by atoms with Crippen molar-refractivity contribution in [2.75, 3.05) is 0 Å². The zero-order chi connectivity index (χ0) is 9.80. The van der Waals surface area contributed by atoms with Crippen LogP contribution in [0.4, 0.5) is 0 Å². The Balaban J connectivity index is 1.99. The van der Waals surface area contributed by atoms with Crippen LogP contribution >= 0.6 is 11.3 Å². The Morgan fingerprint density at radius 2 is 1.93 bits per heavy atom. The Kier molecular flexibility index (Phi) is 3.60. The summed E-state index contributed by atoms with van der Waals surface area (Å²) >= 11 is 1.76. The van der Waals surface area contributed by atoms with Crippen molar-refractivity contribution in [2.24, 2.45) is 11.7 Å². The fourth-order valence-corrected chi connectivity index (χ4v) is 3.11. The summed E-state index contributed by atoms with van der Waals surface area (Å²) < 4.78 is 0. The summed E-state index contributed by atoms with van der Waals surface area (Å²) in [6, 6.07) is 2.47. The van der Waals surface area contributed by atoms with E-state index in [1.165, 1.54) is 44.1 Å². The molecule has 0 radical (unpaired) electrons. The van der Waals surface area contributed by atoms with Gasteiger partial charge in [-0.05, 0) is 41.1 Å². The van der Waals surface area contributed by atoms with Gasteiger partial charge in [-0.3, -0.25) is 0 Å². The van der Waals surface area contributed by atoms with Gasteiger partial charge in [0.2, 0.25) is 0 Å². The molecule has 2 rings (SSSR count). The van der Waals surface area contributed by atoms with Crippen LogP contribution in [0.25, 0.3) is 0 Å². The first-order valence-corrected chi connectivity index (χ1v) is 6.60. The largest absolute Gasteiger partial charge is 0.324 e. The average Bonchev–Trinajstić information content (AvgIpc) is 2.59. The van der Waals surface area contributed by atoms with Crippen LogP contribution in [0.5, 0.6) is 0 Å². The van der Waals surface area contributed by atoms with Gasteiger partial charge in [-0.25, -0.2) is 0 Å². The molecule has 0 bridgehead atoms. The van der Waals surface area contributed by atoms with Crippen LogP contribution in [-0.2, 0) is 0 Å². The Bertz CT molecular complexity index is 247. The molecule has 1 aromatic heterocycles. The van der Waals surface area contributed by atoms with E-state index in [0.29, 0.717) is 6.04 Å². The maximum atomic E-state index is 6.29. The van der Waals surface area contributed by atoms with E-state index in [-0.39, 0.29) is 0 Å². The molecule has 1 fully saturated rings. The lowest BCUT2D eigenvalue weighted by molar-refractivity contribution is 0.383. The highest BCUT2D eigenvalue weighted by Crippen LogP contribution is 2.32. The van der Waals surface area contributed by atoms with Crippen molar-refractivity contribution in [3.63, 3.8) is 0 Å². The first-order chi connectivity index (χ1) is 6.88. The Labute approximate surface area is 90.3 Å². The molecule has 1 atom stereocenters. The maximum Gasteiger partial charge on any atom is 0.0331 e. The molecular weight excluding hydrogens is 190 g/mol. The zero-order valence-corrected chi connectivity index (χ0v) is 9.43. The Morgan fingerprint density at radius 3 is 2.50 bits per heavy atom. The normalized spacial score (nSPS) is 21.8. The second kappa shape index (κ2) is 4.94. The predicted molar refractivity (Wildman–Crippen MR) is 62.4 cm³/mol. The fourth-order valence-electron chi connectivity index (χ4n) is 2.41. The minimum atomic E-state index is 0.291. The Morgan fingerprint density at radius 1 is 1.21 bits per heavy atom. The van der Waals surface area contributed by atoms with Crippen LogP contribution in [0.15, 0.2) is 16.8 Å².